The second-order valence-corrected chi connectivity index (χ2v) is 10.4. The number of carbonyl (C=O) groups is 4. The van der Waals surface area contributed by atoms with E-state index in [9.17, 15) is 24.3 Å². The van der Waals surface area contributed by atoms with Crippen molar-refractivity contribution in [1.82, 2.24) is 26.3 Å². The molecule has 2 aromatic rings. The third-order valence-electron chi connectivity index (χ3n) is 6.92. The Bertz CT molecular complexity index is 1220. The largest absolute Gasteiger partial charge is 0.480 e. The third-order valence-corrected chi connectivity index (χ3v) is 6.92. The first-order chi connectivity index (χ1) is 19.1. The molecule has 40 heavy (non-hydrogen) atoms. The fourth-order valence-corrected chi connectivity index (χ4v) is 4.72. The maximum absolute atomic E-state index is 13.4. The summed E-state index contributed by atoms with van der Waals surface area (Å²) < 4.78 is 0. The van der Waals surface area contributed by atoms with Crippen molar-refractivity contribution in [2.45, 2.75) is 70.1 Å². The molecule has 10 N–H and O–H groups in total. The Morgan fingerprint density at radius 2 is 1.80 bits per heavy atom. The Hall–Kier alpha value is -4.13. The molecule has 3 rings (SSSR count). The van der Waals surface area contributed by atoms with Crippen LogP contribution in [0.2, 0.25) is 0 Å². The zero-order valence-corrected chi connectivity index (χ0v) is 22.9. The number of carboxylic acids is 1. The molecular formula is C27H40N8O5. The van der Waals surface area contributed by atoms with Crippen LogP contribution >= 0.6 is 0 Å². The van der Waals surface area contributed by atoms with Gasteiger partial charge < -0.3 is 42.8 Å². The highest BCUT2D eigenvalue weighted by molar-refractivity contribution is 5.94. The molecule has 2 heterocycles. The summed E-state index contributed by atoms with van der Waals surface area (Å²) in [5.74, 6) is -3.03. The van der Waals surface area contributed by atoms with Gasteiger partial charge in [0.25, 0.3) is 0 Å². The number of carboxylic acid groups (broad SMARTS) is 1. The first kappa shape index (κ1) is 30.4. The summed E-state index contributed by atoms with van der Waals surface area (Å²) in [6.45, 7) is 4.54. The van der Waals surface area contributed by atoms with E-state index < -0.39 is 35.9 Å². The van der Waals surface area contributed by atoms with E-state index in [2.05, 4.69) is 31.2 Å². The Morgan fingerprint density at radius 3 is 2.45 bits per heavy atom. The van der Waals surface area contributed by atoms with Crippen LogP contribution in [-0.4, -0.2) is 77.0 Å². The normalized spacial score (nSPS) is 17.1. The van der Waals surface area contributed by atoms with Gasteiger partial charge in [-0.25, -0.2) is 4.79 Å². The number of aromatic nitrogens is 1. The van der Waals surface area contributed by atoms with Crippen molar-refractivity contribution < 1.29 is 24.3 Å². The molecular weight excluding hydrogens is 516 g/mol. The number of nitrogens with zero attached hydrogens (tertiary/aromatic N) is 1. The number of para-hydroxylation sites is 1. The van der Waals surface area contributed by atoms with Crippen molar-refractivity contribution in [3.8, 4) is 0 Å². The van der Waals surface area contributed by atoms with Crippen LogP contribution in [-0.2, 0) is 25.6 Å². The van der Waals surface area contributed by atoms with Crippen LogP contribution in [0.4, 0.5) is 0 Å². The van der Waals surface area contributed by atoms with Gasteiger partial charge in [-0.2, -0.15) is 0 Å². The quantitative estimate of drug-likeness (QED) is 0.0876. The monoisotopic (exact) mass is 556 g/mol. The number of nitrogens with two attached hydrogens (primary N) is 2. The molecule has 1 saturated heterocycles. The van der Waals surface area contributed by atoms with E-state index in [4.69, 9.17) is 11.5 Å². The fourth-order valence-electron chi connectivity index (χ4n) is 4.72. The van der Waals surface area contributed by atoms with Crippen LogP contribution in [0, 0.1) is 5.92 Å². The van der Waals surface area contributed by atoms with E-state index in [1.807, 2.05) is 24.3 Å². The van der Waals surface area contributed by atoms with E-state index in [-0.39, 0.29) is 43.2 Å². The minimum Gasteiger partial charge on any atom is -0.480 e. The molecule has 1 fully saturated rings. The fraction of sp³-hybridized carbons (Fsp3) is 0.519. The Kier molecular flexibility index (Phi) is 10.9. The standard InChI is InChI=1S/C27H40N8O5/c1-15(2)22(35-23(36)19-9-5-11-30-19)25(38)33-20(10-6-12-31-27(28)29)24(37)34-21(26(39)40)13-16-14-32-18-8-4-3-7-17(16)18/h3-4,7-8,14-15,19-22,30,32H,5-6,9-13H2,1-2H3,(H,33,38)(H,34,37)(H,35,36)(H,39,40)(H4,28,29,31). The number of hydrogen-bond donors (Lipinski definition) is 8. The second-order valence-electron chi connectivity index (χ2n) is 10.4. The summed E-state index contributed by atoms with van der Waals surface area (Å²) in [7, 11) is 0. The average molecular weight is 557 g/mol. The molecule has 1 aliphatic rings. The molecule has 0 radical (unpaired) electrons. The summed E-state index contributed by atoms with van der Waals surface area (Å²) in [5.41, 5.74) is 12.4. The average Bonchev–Trinajstić information content (AvgIpc) is 3.59. The molecule has 4 atom stereocenters. The van der Waals surface area contributed by atoms with Crippen molar-refractivity contribution in [2.75, 3.05) is 13.1 Å². The molecule has 0 spiro atoms. The first-order valence-electron chi connectivity index (χ1n) is 13.5. The maximum atomic E-state index is 13.4. The van der Waals surface area contributed by atoms with Crippen LogP contribution in [0.3, 0.4) is 0 Å². The molecule has 13 heteroatoms. The van der Waals surface area contributed by atoms with Crippen LogP contribution in [0.1, 0.15) is 45.1 Å². The number of guanidine groups is 1. The number of benzene rings is 1. The molecule has 4 unspecified atom stereocenters. The van der Waals surface area contributed by atoms with E-state index >= 15 is 0 Å². The number of fused-ring (bicyclic) bond motifs is 1. The lowest BCUT2D eigenvalue weighted by atomic mass is 10.0. The predicted octanol–water partition coefficient (Wildman–Crippen LogP) is -0.289. The molecule has 0 bridgehead atoms. The lowest BCUT2D eigenvalue weighted by molar-refractivity contribution is -0.142. The third kappa shape index (κ3) is 8.43. The highest BCUT2D eigenvalue weighted by atomic mass is 16.4. The molecule has 1 aromatic carbocycles. The second kappa shape index (κ2) is 14.3. The van der Waals surface area contributed by atoms with Crippen molar-refractivity contribution in [2.24, 2.45) is 22.4 Å². The van der Waals surface area contributed by atoms with Gasteiger partial charge in [0, 0.05) is 30.1 Å². The van der Waals surface area contributed by atoms with Crippen LogP contribution in [0.5, 0.6) is 0 Å². The van der Waals surface area contributed by atoms with Gasteiger partial charge in [-0.1, -0.05) is 32.0 Å². The van der Waals surface area contributed by atoms with Gasteiger partial charge in [0.1, 0.15) is 18.1 Å². The maximum Gasteiger partial charge on any atom is 0.326 e. The summed E-state index contributed by atoms with van der Waals surface area (Å²) >= 11 is 0. The van der Waals surface area contributed by atoms with Gasteiger partial charge in [0.2, 0.25) is 17.7 Å². The highest BCUT2D eigenvalue weighted by Crippen LogP contribution is 2.19. The van der Waals surface area contributed by atoms with Crippen molar-refractivity contribution in [1.29, 1.82) is 0 Å². The molecule has 0 saturated carbocycles. The van der Waals surface area contributed by atoms with Crippen molar-refractivity contribution in [3.63, 3.8) is 0 Å². The lowest BCUT2D eigenvalue weighted by Crippen LogP contribution is -2.58. The predicted molar refractivity (Wildman–Crippen MR) is 151 cm³/mol. The number of aliphatic imine (C=N–C) groups is 1. The van der Waals surface area contributed by atoms with Gasteiger partial charge in [-0.05, 0) is 49.8 Å². The van der Waals surface area contributed by atoms with Crippen LogP contribution in [0.15, 0.2) is 35.5 Å². The summed E-state index contributed by atoms with van der Waals surface area (Å²) in [4.78, 5) is 58.5. The Labute approximate surface area is 232 Å². The molecule has 218 valence electrons. The molecule has 3 amide bonds. The number of carbonyl (C=O) groups excluding carboxylic acids is 3. The van der Waals surface area contributed by atoms with Crippen LogP contribution < -0.4 is 32.7 Å². The molecule has 13 nitrogen and oxygen atoms in total. The van der Waals surface area contributed by atoms with Gasteiger partial charge >= 0.3 is 5.97 Å². The number of hydrogen-bond acceptors (Lipinski definition) is 6. The number of nitrogens with one attached hydrogen (secondary N) is 5. The van der Waals surface area contributed by atoms with E-state index in [0.717, 1.165) is 29.4 Å². The van der Waals surface area contributed by atoms with Gasteiger partial charge in [-0.3, -0.25) is 19.4 Å². The zero-order chi connectivity index (χ0) is 29.2. The molecule has 1 aromatic heterocycles. The first-order valence-corrected chi connectivity index (χ1v) is 13.5. The summed E-state index contributed by atoms with van der Waals surface area (Å²) in [6.07, 6.45) is 3.81. The summed E-state index contributed by atoms with van der Waals surface area (Å²) in [5, 5.41) is 21.9. The number of aliphatic carboxylic acids is 1. The van der Waals surface area contributed by atoms with Gasteiger partial charge in [0.15, 0.2) is 5.96 Å². The Morgan fingerprint density at radius 1 is 1.07 bits per heavy atom. The number of amides is 3. The lowest BCUT2D eigenvalue weighted by Gasteiger charge is -2.27. The van der Waals surface area contributed by atoms with Gasteiger partial charge in [0.05, 0.1) is 6.04 Å². The molecule has 0 aliphatic carbocycles. The SMILES string of the molecule is CC(C)C(NC(=O)C1CCCN1)C(=O)NC(CCCN=C(N)N)C(=O)NC(Cc1c[nH]c2ccccc12)C(=O)O. The molecule has 1 aliphatic heterocycles. The van der Waals surface area contributed by atoms with Crippen molar-refractivity contribution >= 4 is 40.6 Å². The smallest absolute Gasteiger partial charge is 0.326 e. The van der Waals surface area contributed by atoms with E-state index in [1.54, 1.807) is 20.0 Å². The highest BCUT2D eigenvalue weighted by Gasteiger charge is 2.33. The van der Waals surface area contributed by atoms with Gasteiger partial charge in [-0.15, -0.1) is 0 Å². The van der Waals surface area contributed by atoms with Crippen LogP contribution in [0.25, 0.3) is 10.9 Å². The zero-order valence-electron chi connectivity index (χ0n) is 22.9. The van der Waals surface area contributed by atoms with Crippen molar-refractivity contribution in [3.05, 3.63) is 36.0 Å². The summed E-state index contributed by atoms with van der Waals surface area (Å²) in [6, 6.07) is 3.90. The minimum absolute atomic E-state index is 0.0405. The number of aromatic amines is 1. The van der Waals surface area contributed by atoms with E-state index in [0.29, 0.717) is 12.8 Å². The number of H-pyrrole nitrogens is 1. The Balaban J connectivity index is 1.73. The van der Waals surface area contributed by atoms with E-state index in [1.165, 1.54) is 0 Å². The number of rotatable bonds is 14. The topological polar surface area (TPSA) is 217 Å². The minimum atomic E-state index is -1.24.